The highest BCUT2D eigenvalue weighted by atomic mass is 32.2. The maximum atomic E-state index is 13.3. The van der Waals surface area contributed by atoms with Crippen LogP contribution < -0.4 is 15.5 Å². The van der Waals surface area contributed by atoms with Crippen LogP contribution in [0.5, 0.6) is 5.75 Å². The number of pyridine rings is 1. The number of amides is 1. The zero-order chi connectivity index (χ0) is 25.8. The van der Waals surface area contributed by atoms with E-state index in [1.165, 1.54) is 30.1 Å². The van der Waals surface area contributed by atoms with Crippen LogP contribution in [0.3, 0.4) is 0 Å². The molecule has 1 amide bonds. The maximum Gasteiger partial charge on any atom is 0.261 e. The number of carbonyl (C=O) groups is 1. The molecule has 3 rings (SSSR count). The van der Waals surface area contributed by atoms with Crippen molar-refractivity contribution >= 4 is 27.5 Å². The van der Waals surface area contributed by atoms with E-state index in [9.17, 15) is 13.2 Å². The first kappa shape index (κ1) is 27.2. The summed E-state index contributed by atoms with van der Waals surface area (Å²) in [4.78, 5) is 16.4. The van der Waals surface area contributed by atoms with Gasteiger partial charge in [-0.2, -0.15) is 11.8 Å². The minimum atomic E-state index is -3.93. The summed E-state index contributed by atoms with van der Waals surface area (Å²) in [5, 5.41) is 12.1. The lowest BCUT2D eigenvalue weighted by Crippen LogP contribution is -2.44. The van der Waals surface area contributed by atoms with E-state index in [0.717, 1.165) is 5.56 Å². The SMILES string of the molecule is CC#CCOc1ccc(S(=O)(=O)c2ncccc2CNC(CSCc2ccccc2)C(=O)NO)cc1. The Balaban J connectivity index is 1.71. The molecule has 3 aromatic rings. The van der Waals surface area contributed by atoms with Crippen LogP contribution in [0.15, 0.2) is 82.8 Å². The van der Waals surface area contributed by atoms with Gasteiger partial charge in [0.25, 0.3) is 5.91 Å². The van der Waals surface area contributed by atoms with E-state index in [-0.39, 0.29) is 23.1 Å². The predicted octanol–water partition coefficient (Wildman–Crippen LogP) is 3.21. The average Bonchev–Trinajstić information content (AvgIpc) is 2.91. The zero-order valence-corrected chi connectivity index (χ0v) is 21.3. The summed E-state index contributed by atoms with van der Waals surface area (Å²) in [7, 11) is -3.93. The van der Waals surface area contributed by atoms with E-state index >= 15 is 0 Å². The molecule has 0 radical (unpaired) electrons. The predicted molar refractivity (Wildman–Crippen MR) is 138 cm³/mol. The lowest BCUT2D eigenvalue weighted by molar-refractivity contribution is -0.130. The van der Waals surface area contributed by atoms with E-state index < -0.39 is 21.8 Å². The Kier molecular flexibility index (Phi) is 10.3. The van der Waals surface area contributed by atoms with Crippen LogP contribution in [-0.4, -0.2) is 42.9 Å². The van der Waals surface area contributed by atoms with Gasteiger partial charge in [-0.3, -0.25) is 10.0 Å². The Hall–Kier alpha value is -3.36. The average molecular weight is 526 g/mol. The Morgan fingerprint density at radius 3 is 2.56 bits per heavy atom. The van der Waals surface area contributed by atoms with Gasteiger partial charge in [-0.25, -0.2) is 18.9 Å². The van der Waals surface area contributed by atoms with Gasteiger partial charge in [0.05, 0.1) is 10.9 Å². The van der Waals surface area contributed by atoms with E-state index in [0.29, 0.717) is 22.8 Å². The number of nitrogens with one attached hydrogen (secondary N) is 2. The smallest absolute Gasteiger partial charge is 0.261 e. The first-order valence-corrected chi connectivity index (χ1v) is 13.7. The van der Waals surface area contributed by atoms with Gasteiger partial charge in [0.15, 0.2) is 5.03 Å². The summed E-state index contributed by atoms with van der Waals surface area (Å²) in [5.41, 5.74) is 3.19. The third-order valence-corrected chi connectivity index (χ3v) is 7.96. The second-order valence-electron chi connectivity index (χ2n) is 7.57. The number of aromatic nitrogens is 1. The van der Waals surface area contributed by atoms with Crippen LogP contribution in [0.4, 0.5) is 0 Å². The lowest BCUT2D eigenvalue weighted by atomic mass is 10.2. The molecule has 0 saturated carbocycles. The van der Waals surface area contributed by atoms with Crippen LogP contribution in [0.25, 0.3) is 0 Å². The van der Waals surface area contributed by atoms with Crippen molar-refractivity contribution in [3.63, 3.8) is 0 Å². The number of hydrogen-bond donors (Lipinski definition) is 3. The van der Waals surface area contributed by atoms with Gasteiger partial charge >= 0.3 is 0 Å². The quantitative estimate of drug-likeness (QED) is 0.187. The molecular formula is C26H27N3O5S2. The van der Waals surface area contributed by atoms with Crippen molar-refractivity contribution in [2.75, 3.05) is 12.4 Å². The third-order valence-electron chi connectivity index (χ3n) is 5.09. The second kappa shape index (κ2) is 13.7. The number of nitrogens with zero attached hydrogens (tertiary/aromatic N) is 1. The van der Waals surface area contributed by atoms with E-state index in [4.69, 9.17) is 9.94 Å². The minimum Gasteiger partial charge on any atom is -0.481 e. The van der Waals surface area contributed by atoms with Gasteiger partial charge in [-0.05, 0) is 42.8 Å². The summed E-state index contributed by atoms with van der Waals surface area (Å²) < 4.78 is 32.1. The molecule has 0 saturated heterocycles. The normalized spacial score (nSPS) is 11.7. The van der Waals surface area contributed by atoms with E-state index in [1.54, 1.807) is 36.7 Å². The van der Waals surface area contributed by atoms with Crippen LogP contribution in [0.1, 0.15) is 18.1 Å². The minimum absolute atomic E-state index is 0.0588. The summed E-state index contributed by atoms with van der Waals surface area (Å²) in [6, 6.07) is 18.4. The van der Waals surface area contributed by atoms with Crippen LogP contribution in [-0.2, 0) is 26.9 Å². The van der Waals surface area contributed by atoms with Crippen LogP contribution >= 0.6 is 11.8 Å². The maximum absolute atomic E-state index is 13.3. The second-order valence-corrected chi connectivity index (χ2v) is 10.5. The summed E-state index contributed by atoms with van der Waals surface area (Å²) in [5.74, 6) is 6.46. The highest BCUT2D eigenvalue weighted by molar-refractivity contribution is 7.98. The number of ether oxygens (including phenoxy) is 1. The third kappa shape index (κ3) is 7.57. The fourth-order valence-electron chi connectivity index (χ4n) is 3.23. The summed E-state index contributed by atoms with van der Waals surface area (Å²) >= 11 is 1.52. The van der Waals surface area contributed by atoms with Crippen LogP contribution in [0, 0.1) is 11.8 Å². The molecule has 10 heteroatoms. The molecule has 1 heterocycles. The number of rotatable bonds is 12. The highest BCUT2D eigenvalue weighted by Gasteiger charge is 2.24. The number of hydroxylamine groups is 1. The molecule has 188 valence electrons. The van der Waals surface area contributed by atoms with Gasteiger partial charge in [0.1, 0.15) is 12.4 Å². The Bertz CT molecular complexity index is 1300. The van der Waals surface area contributed by atoms with Gasteiger partial charge in [-0.15, -0.1) is 5.92 Å². The Labute approximate surface area is 215 Å². The number of thioether (sulfide) groups is 1. The standard InChI is InChI=1S/C26H27N3O5S2/c1-2-3-16-34-22-11-13-23(14-12-22)36(32,33)26-21(10-7-15-27-26)17-28-24(25(30)29-31)19-35-18-20-8-5-4-6-9-20/h4-15,24,28,31H,16-19H2,1H3,(H,29,30). The molecule has 0 aliphatic carbocycles. The van der Waals surface area contributed by atoms with Gasteiger partial charge in [0.2, 0.25) is 9.84 Å². The van der Waals surface area contributed by atoms with Crippen molar-refractivity contribution in [3.8, 4) is 17.6 Å². The molecule has 2 aromatic carbocycles. The summed E-state index contributed by atoms with van der Waals surface area (Å²) in [6.45, 7) is 1.98. The van der Waals surface area contributed by atoms with E-state index in [2.05, 4.69) is 22.1 Å². The largest absolute Gasteiger partial charge is 0.481 e. The van der Waals surface area contributed by atoms with Crippen molar-refractivity contribution < 1.29 is 23.2 Å². The van der Waals surface area contributed by atoms with E-state index in [1.807, 2.05) is 30.3 Å². The molecule has 1 atom stereocenters. The van der Waals surface area contributed by atoms with Gasteiger partial charge in [-0.1, -0.05) is 42.3 Å². The van der Waals surface area contributed by atoms with Gasteiger partial charge in [0, 0.05) is 29.8 Å². The van der Waals surface area contributed by atoms with Crippen molar-refractivity contribution in [1.82, 2.24) is 15.8 Å². The lowest BCUT2D eigenvalue weighted by Gasteiger charge is -2.17. The molecule has 0 fully saturated rings. The highest BCUT2D eigenvalue weighted by Crippen LogP contribution is 2.24. The molecule has 0 aliphatic rings. The Morgan fingerprint density at radius 1 is 1.11 bits per heavy atom. The van der Waals surface area contributed by atoms with Crippen LogP contribution in [0.2, 0.25) is 0 Å². The fraction of sp³-hybridized carbons (Fsp3) is 0.231. The number of benzene rings is 2. The van der Waals surface area contributed by atoms with Crippen molar-refractivity contribution in [2.45, 2.75) is 35.2 Å². The Morgan fingerprint density at radius 2 is 1.86 bits per heavy atom. The molecule has 1 aromatic heterocycles. The first-order valence-electron chi connectivity index (χ1n) is 11.1. The first-order chi connectivity index (χ1) is 17.5. The topological polar surface area (TPSA) is 118 Å². The molecule has 1 unspecified atom stereocenters. The number of hydrogen-bond acceptors (Lipinski definition) is 8. The molecule has 0 aliphatic heterocycles. The van der Waals surface area contributed by atoms with Crippen molar-refractivity contribution in [3.05, 3.63) is 84.1 Å². The van der Waals surface area contributed by atoms with Gasteiger partial charge < -0.3 is 10.1 Å². The molecular weight excluding hydrogens is 498 g/mol. The number of carbonyl (C=O) groups excluding carboxylic acids is 1. The number of sulfone groups is 1. The molecule has 0 spiro atoms. The van der Waals surface area contributed by atoms with Crippen molar-refractivity contribution in [1.29, 1.82) is 0 Å². The summed E-state index contributed by atoms with van der Waals surface area (Å²) in [6.07, 6.45) is 1.41. The zero-order valence-electron chi connectivity index (χ0n) is 19.7. The molecule has 0 bridgehead atoms. The monoisotopic (exact) mass is 525 g/mol. The molecule has 8 nitrogen and oxygen atoms in total. The van der Waals surface area contributed by atoms with Crippen molar-refractivity contribution in [2.24, 2.45) is 0 Å². The fourth-order valence-corrected chi connectivity index (χ4v) is 5.68. The molecule has 36 heavy (non-hydrogen) atoms. The molecule has 3 N–H and O–H groups in total.